The number of benzene rings is 1. The average Bonchev–Trinajstić information content (AvgIpc) is 3.05. The van der Waals surface area contributed by atoms with Gasteiger partial charge in [0.05, 0.1) is 10.9 Å². The molecular formula is C15H9N2O2+. The number of pyridine rings is 1. The van der Waals surface area contributed by atoms with Crippen LogP contribution in [-0.4, -0.2) is 4.98 Å². The van der Waals surface area contributed by atoms with E-state index < -0.39 is 0 Å². The highest BCUT2D eigenvalue weighted by Crippen LogP contribution is 2.34. The standard InChI is InChI=1S/C15H9N2O2/c1-2-6-11-10(5-1)13-15(18-11)19-14-12-9(8-17(13)14)4-3-7-16-12/h1-7H,8H2/q+1. The van der Waals surface area contributed by atoms with Crippen molar-refractivity contribution in [3.63, 3.8) is 0 Å². The Labute approximate surface area is 107 Å². The summed E-state index contributed by atoms with van der Waals surface area (Å²) >= 11 is 0. The van der Waals surface area contributed by atoms with Crippen LogP contribution in [0.15, 0.2) is 51.4 Å². The molecule has 1 aliphatic rings. The lowest BCUT2D eigenvalue weighted by molar-refractivity contribution is -0.648. The third-order valence-corrected chi connectivity index (χ3v) is 3.66. The first-order valence-corrected chi connectivity index (χ1v) is 6.20. The first-order valence-electron chi connectivity index (χ1n) is 6.20. The lowest BCUT2D eigenvalue weighted by atomic mass is 10.2. The molecule has 0 fully saturated rings. The molecule has 0 amide bonds. The molecule has 0 bridgehead atoms. The van der Waals surface area contributed by atoms with Crippen molar-refractivity contribution < 1.29 is 13.4 Å². The number of fused-ring (bicyclic) bond motifs is 7. The van der Waals surface area contributed by atoms with Gasteiger partial charge >= 0.3 is 17.2 Å². The average molecular weight is 249 g/mol. The summed E-state index contributed by atoms with van der Waals surface area (Å²) in [5.41, 5.74) is 3.98. The van der Waals surface area contributed by atoms with E-state index in [4.69, 9.17) is 8.83 Å². The summed E-state index contributed by atoms with van der Waals surface area (Å²) in [6.07, 6.45) is 1.79. The van der Waals surface area contributed by atoms with E-state index in [9.17, 15) is 0 Å². The Morgan fingerprint density at radius 3 is 3.00 bits per heavy atom. The summed E-state index contributed by atoms with van der Waals surface area (Å²) in [5, 5.41) is 1.08. The highest BCUT2D eigenvalue weighted by Gasteiger charge is 2.37. The zero-order chi connectivity index (χ0) is 12.4. The van der Waals surface area contributed by atoms with Crippen LogP contribution in [0.2, 0.25) is 0 Å². The second kappa shape index (κ2) is 3.03. The summed E-state index contributed by atoms with van der Waals surface area (Å²) in [5.74, 6) is 1.36. The Bertz CT molecular complexity index is 949. The van der Waals surface area contributed by atoms with Crippen molar-refractivity contribution in [2.24, 2.45) is 0 Å². The van der Waals surface area contributed by atoms with Crippen LogP contribution < -0.4 is 4.57 Å². The zero-order valence-electron chi connectivity index (χ0n) is 9.96. The van der Waals surface area contributed by atoms with Gasteiger partial charge in [-0.25, -0.2) is 4.98 Å². The molecule has 0 spiro atoms. The number of oxazole rings is 1. The van der Waals surface area contributed by atoms with E-state index in [0.717, 1.165) is 34.6 Å². The molecule has 90 valence electrons. The van der Waals surface area contributed by atoms with Crippen LogP contribution in [0.3, 0.4) is 0 Å². The second-order valence-electron chi connectivity index (χ2n) is 4.74. The first kappa shape index (κ1) is 9.33. The van der Waals surface area contributed by atoms with Crippen molar-refractivity contribution in [3.8, 4) is 11.6 Å². The summed E-state index contributed by atoms with van der Waals surface area (Å²) in [6.45, 7) is 0.787. The summed E-state index contributed by atoms with van der Waals surface area (Å²) < 4.78 is 13.7. The molecule has 4 heteroatoms. The van der Waals surface area contributed by atoms with Gasteiger partial charge in [-0.2, -0.15) is 0 Å². The maximum Gasteiger partial charge on any atom is 0.404 e. The van der Waals surface area contributed by atoms with Crippen LogP contribution in [0.1, 0.15) is 5.56 Å². The van der Waals surface area contributed by atoms with Crippen LogP contribution in [0.4, 0.5) is 0 Å². The quantitative estimate of drug-likeness (QED) is 0.396. The van der Waals surface area contributed by atoms with Gasteiger partial charge in [-0.3, -0.25) is 0 Å². The van der Waals surface area contributed by atoms with Gasteiger partial charge in [-0.15, -0.1) is 4.57 Å². The summed E-state index contributed by atoms with van der Waals surface area (Å²) in [6, 6.07) is 12.0. The number of nitrogens with zero attached hydrogens (tertiary/aromatic N) is 2. The fourth-order valence-electron chi connectivity index (χ4n) is 2.83. The Hall–Kier alpha value is -2.62. The van der Waals surface area contributed by atoms with Gasteiger partial charge in [0.15, 0.2) is 12.2 Å². The molecule has 0 aliphatic carbocycles. The third-order valence-electron chi connectivity index (χ3n) is 3.66. The molecule has 0 saturated carbocycles. The van der Waals surface area contributed by atoms with Crippen LogP contribution in [-0.2, 0) is 6.54 Å². The predicted octanol–water partition coefficient (Wildman–Crippen LogP) is 2.89. The van der Waals surface area contributed by atoms with E-state index in [2.05, 4.69) is 21.7 Å². The molecule has 0 unspecified atom stereocenters. The van der Waals surface area contributed by atoms with Gasteiger partial charge in [0.1, 0.15) is 5.58 Å². The molecule has 4 nitrogen and oxygen atoms in total. The monoisotopic (exact) mass is 249 g/mol. The maximum atomic E-state index is 5.86. The fraction of sp³-hybridized carbons (Fsp3) is 0.0667. The molecule has 0 radical (unpaired) electrons. The highest BCUT2D eigenvalue weighted by molar-refractivity contribution is 5.99. The van der Waals surface area contributed by atoms with Gasteiger partial charge in [0.2, 0.25) is 0 Å². The van der Waals surface area contributed by atoms with Gasteiger partial charge in [-0.1, -0.05) is 12.1 Å². The molecular weight excluding hydrogens is 240 g/mol. The van der Waals surface area contributed by atoms with Crippen LogP contribution >= 0.6 is 0 Å². The van der Waals surface area contributed by atoms with E-state index >= 15 is 0 Å². The molecule has 3 aromatic heterocycles. The van der Waals surface area contributed by atoms with Crippen LogP contribution in [0.5, 0.6) is 0 Å². The number of hydrogen-bond donors (Lipinski definition) is 0. The molecule has 1 aromatic carbocycles. The molecule has 19 heavy (non-hydrogen) atoms. The van der Waals surface area contributed by atoms with Crippen molar-refractivity contribution in [1.82, 2.24) is 4.98 Å². The van der Waals surface area contributed by atoms with E-state index in [1.54, 1.807) is 6.20 Å². The van der Waals surface area contributed by atoms with Crippen molar-refractivity contribution in [3.05, 3.63) is 48.2 Å². The molecule has 0 atom stereocenters. The lowest BCUT2D eigenvalue weighted by Gasteiger charge is -1.87. The first-order chi connectivity index (χ1) is 9.42. The number of hydrogen-bond acceptors (Lipinski definition) is 3. The summed E-state index contributed by atoms with van der Waals surface area (Å²) in [4.78, 5) is 4.40. The van der Waals surface area contributed by atoms with Gasteiger partial charge in [0, 0.05) is 6.20 Å². The second-order valence-corrected chi connectivity index (χ2v) is 4.74. The fourth-order valence-corrected chi connectivity index (χ4v) is 2.83. The van der Waals surface area contributed by atoms with E-state index in [-0.39, 0.29) is 0 Å². The Balaban J connectivity index is 1.94. The SMILES string of the molecule is c1cnc2c(c1)C[n+]1c-2oc2oc3ccccc3c21. The molecule has 5 rings (SSSR count). The van der Waals surface area contributed by atoms with Gasteiger partial charge in [-0.05, 0) is 24.3 Å². The minimum atomic E-state index is 0.576. The Kier molecular flexibility index (Phi) is 1.49. The van der Waals surface area contributed by atoms with E-state index in [1.165, 1.54) is 5.56 Å². The normalized spacial score (nSPS) is 13.1. The molecule has 4 heterocycles. The predicted molar refractivity (Wildman–Crippen MR) is 68.5 cm³/mol. The Morgan fingerprint density at radius 2 is 2.00 bits per heavy atom. The minimum absolute atomic E-state index is 0.576. The van der Waals surface area contributed by atoms with Crippen LogP contribution in [0, 0.1) is 0 Å². The molecule has 1 aliphatic heterocycles. The largest absolute Gasteiger partial charge is 0.420 e. The van der Waals surface area contributed by atoms with Crippen LogP contribution in [0.25, 0.3) is 33.9 Å². The van der Waals surface area contributed by atoms with Gasteiger partial charge in [0.25, 0.3) is 0 Å². The lowest BCUT2D eigenvalue weighted by Crippen LogP contribution is -2.30. The van der Waals surface area contributed by atoms with Gasteiger partial charge < -0.3 is 8.83 Å². The smallest absolute Gasteiger partial charge is 0.404 e. The van der Waals surface area contributed by atoms with Crippen molar-refractivity contribution in [2.75, 3.05) is 0 Å². The zero-order valence-corrected chi connectivity index (χ0v) is 9.96. The number of aromatic nitrogens is 2. The van der Waals surface area contributed by atoms with Crippen molar-refractivity contribution >= 4 is 22.3 Å². The number of furan rings is 1. The molecule has 0 saturated heterocycles. The topological polar surface area (TPSA) is 43.0 Å². The summed E-state index contributed by atoms with van der Waals surface area (Å²) in [7, 11) is 0. The van der Waals surface area contributed by atoms with E-state index in [1.807, 2.05) is 24.3 Å². The van der Waals surface area contributed by atoms with Crippen molar-refractivity contribution in [1.29, 1.82) is 0 Å². The highest BCUT2D eigenvalue weighted by atomic mass is 16.5. The number of rotatable bonds is 0. The molecule has 0 N–H and O–H groups in total. The third kappa shape index (κ3) is 1.04. The van der Waals surface area contributed by atoms with Crippen molar-refractivity contribution in [2.45, 2.75) is 6.54 Å². The number of para-hydroxylation sites is 1. The maximum absolute atomic E-state index is 5.86. The minimum Gasteiger partial charge on any atom is -0.420 e. The van der Waals surface area contributed by atoms with E-state index in [0.29, 0.717) is 5.78 Å². The molecule has 4 aromatic rings. The Morgan fingerprint density at radius 1 is 1.05 bits per heavy atom.